The van der Waals surface area contributed by atoms with Crippen molar-refractivity contribution >= 4 is 28.6 Å². The highest BCUT2D eigenvalue weighted by atomic mass is 32.2. The van der Waals surface area contributed by atoms with Crippen LogP contribution >= 0.6 is 11.8 Å². The molecule has 29 heavy (non-hydrogen) atoms. The minimum absolute atomic E-state index is 0.184. The molecular formula is C24H33NO3S. The first kappa shape index (κ1) is 20.8. The van der Waals surface area contributed by atoms with Crippen molar-refractivity contribution < 1.29 is 14.3 Å². The molecule has 3 fully saturated rings. The van der Waals surface area contributed by atoms with Gasteiger partial charge in [-0.1, -0.05) is 13.0 Å². The maximum absolute atomic E-state index is 12.5. The number of carbonyl (C=O) groups excluding carboxylic acids is 1. The summed E-state index contributed by atoms with van der Waals surface area (Å²) in [6.07, 6.45) is 9.89. The van der Waals surface area contributed by atoms with Crippen molar-refractivity contribution in [3.8, 4) is 0 Å². The van der Waals surface area contributed by atoms with Gasteiger partial charge in [-0.05, 0) is 87.1 Å². The Morgan fingerprint density at radius 2 is 2.03 bits per heavy atom. The number of carbonyl (C=O) groups is 1. The number of aromatic nitrogens is 1. The summed E-state index contributed by atoms with van der Waals surface area (Å²) < 4.78 is 13.5. The fourth-order valence-electron chi connectivity index (χ4n) is 4.69. The fourth-order valence-corrected chi connectivity index (χ4v) is 4.69. The molecule has 3 atom stereocenters. The molecule has 2 saturated carbocycles. The molecule has 5 rings (SSSR count). The van der Waals surface area contributed by atoms with E-state index in [2.05, 4.69) is 29.7 Å². The molecule has 1 aromatic heterocycles. The van der Waals surface area contributed by atoms with Crippen LogP contribution in [0.2, 0.25) is 0 Å². The Morgan fingerprint density at radius 3 is 2.66 bits per heavy atom. The van der Waals surface area contributed by atoms with Gasteiger partial charge in [-0.25, -0.2) is 4.79 Å². The second-order valence-corrected chi connectivity index (χ2v) is 9.66. The van der Waals surface area contributed by atoms with E-state index in [0.717, 1.165) is 25.9 Å². The quantitative estimate of drug-likeness (QED) is 0.591. The lowest BCUT2D eigenvalue weighted by molar-refractivity contribution is -0.0132. The van der Waals surface area contributed by atoms with Gasteiger partial charge >= 0.3 is 5.97 Å². The third-order valence-electron chi connectivity index (χ3n) is 6.52. The van der Waals surface area contributed by atoms with Crippen LogP contribution in [0, 0.1) is 5.92 Å². The fraction of sp³-hybridized carbons (Fsp3) is 0.625. The Bertz CT molecular complexity index is 886. The van der Waals surface area contributed by atoms with Gasteiger partial charge in [0.2, 0.25) is 0 Å². The van der Waals surface area contributed by atoms with Gasteiger partial charge in [0.25, 0.3) is 0 Å². The van der Waals surface area contributed by atoms with Crippen molar-refractivity contribution in [2.24, 2.45) is 5.92 Å². The SMILES string of the molecule is CCOC(=O)c1cc2cc(C3CCOC4(CC4)C3)ccc2n1C1CC1C.CSC. The number of nitrogens with zero attached hydrogens (tertiary/aromatic N) is 1. The molecule has 1 spiro atoms. The normalized spacial score (nSPS) is 26.7. The molecule has 2 heterocycles. The zero-order valence-electron chi connectivity index (χ0n) is 18.1. The lowest BCUT2D eigenvalue weighted by Gasteiger charge is -2.30. The van der Waals surface area contributed by atoms with Crippen LogP contribution in [-0.2, 0) is 9.47 Å². The van der Waals surface area contributed by atoms with Gasteiger partial charge in [-0.15, -0.1) is 0 Å². The number of fused-ring (bicyclic) bond motifs is 1. The van der Waals surface area contributed by atoms with E-state index in [1.807, 2.05) is 25.5 Å². The maximum Gasteiger partial charge on any atom is 0.354 e. The summed E-state index contributed by atoms with van der Waals surface area (Å²) >= 11 is 1.75. The van der Waals surface area contributed by atoms with Crippen LogP contribution in [0.3, 0.4) is 0 Å². The van der Waals surface area contributed by atoms with Crippen molar-refractivity contribution in [2.45, 2.75) is 63.5 Å². The second kappa shape index (κ2) is 8.35. The van der Waals surface area contributed by atoms with Gasteiger partial charge in [0.15, 0.2) is 0 Å². The van der Waals surface area contributed by atoms with Crippen molar-refractivity contribution in [3.05, 3.63) is 35.5 Å². The predicted molar refractivity (Wildman–Crippen MR) is 120 cm³/mol. The van der Waals surface area contributed by atoms with Crippen LogP contribution in [-0.4, -0.2) is 41.9 Å². The van der Waals surface area contributed by atoms with E-state index < -0.39 is 0 Å². The second-order valence-electron chi connectivity index (χ2n) is 8.85. The molecule has 3 unspecified atom stereocenters. The molecule has 3 aliphatic rings. The molecule has 1 aliphatic heterocycles. The van der Waals surface area contributed by atoms with E-state index in [4.69, 9.17) is 9.47 Å². The average molecular weight is 416 g/mol. The lowest BCUT2D eigenvalue weighted by Crippen LogP contribution is -2.25. The van der Waals surface area contributed by atoms with Gasteiger partial charge < -0.3 is 14.0 Å². The van der Waals surface area contributed by atoms with Gasteiger partial charge in [-0.2, -0.15) is 11.8 Å². The van der Waals surface area contributed by atoms with E-state index in [9.17, 15) is 4.79 Å². The average Bonchev–Trinajstić information content (AvgIpc) is 3.59. The lowest BCUT2D eigenvalue weighted by atomic mass is 9.87. The summed E-state index contributed by atoms with van der Waals surface area (Å²) in [5.41, 5.74) is 3.45. The molecule has 158 valence electrons. The topological polar surface area (TPSA) is 40.5 Å². The highest BCUT2D eigenvalue weighted by molar-refractivity contribution is 7.97. The van der Waals surface area contributed by atoms with Crippen LogP contribution in [0.4, 0.5) is 0 Å². The number of esters is 1. The zero-order valence-corrected chi connectivity index (χ0v) is 18.9. The maximum atomic E-state index is 12.5. The number of hydrogen-bond acceptors (Lipinski definition) is 4. The zero-order chi connectivity index (χ0) is 20.6. The van der Waals surface area contributed by atoms with Crippen LogP contribution in [0.25, 0.3) is 10.9 Å². The predicted octanol–water partition coefficient (Wildman–Crippen LogP) is 5.80. The summed E-state index contributed by atoms with van der Waals surface area (Å²) in [4.78, 5) is 12.5. The Hall–Kier alpha value is -1.46. The molecule has 4 nitrogen and oxygen atoms in total. The summed E-state index contributed by atoms with van der Waals surface area (Å²) in [7, 11) is 0. The number of rotatable bonds is 4. The highest BCUT2D eigenvalue weighted by Gasteiger charge is 2.48. The number of thioether (sulfide) groups is 1. The molecule has 5 heteroatoms. The van der Waals surface area contributed by atoms with Crippen LogP contribution < -0.4 is 0 Å². The number of benzene rings is 1. The third kappa shape index (κ3) is 4.22. The van der Waals surface area contributed by atoms with Crippen molar-refractivity contribution in [3.63, 3.8) is 0 Å². The van der Waals surface area contributed by atoms with Crippen molar-refractivity contribution in [2.75, 3.05) is 25.7 Å². The van der Waals surface area contributed by atoms with Crippen molar-refractivity contribution in [1.82, 2.24) is 4.57 Å². The molecule has 0 amide bonds. The van der Waals surface area contributed by atoms with Crippen molar-refractivity contribution in [1.29, 1.82) is 0 Å². The smallest absolute Gasteiger partial charge is 0.354 e. The molecule has 1 aromatic carbocycles. The van der Waals surface area contributed by atoms with Crippen LogP contribution in [0.15, 0.2) is 24.3 Å². The summed E-state index contributed by atoms with van der Waals surface area (Å²) in [5.74, 6) is 1.00. The molecule has 2 aromatic rings. The van der Waals surface area contributed by atoms with E-state index >= 15 is 0 Å². The first-order chi connectivity index (χ1) is 14.0. The summed E-state index contributed by atoms with van der Waals surface area (Å²) in [6, 6.07) is 9.25. The molecule has 2 aliphatic carbocycles. The standard InChI is InChI=1S/C22H27NO3.C2H6S/c1-3-25-21(24)20-12-17-11-15(16-6-9-26-22(13-16)7-8-22)4-5-18(17)23(20)19-10-14(19)2;1-3-2/h4-5,11-12,14,16,19H,3,6-10,13H2,1-2H3;1-2H3. The summed E-state index contributed by atoms with van der Waals surface area (Å²) in [6.45, 7) is 5.39. The van der Waals surface area contributed by atoms with E-state index in [0.29, 0.717) is 30.2 Å². The largest absolute Gasteiger partial charge is 0.461 e. The van der Waals surface area contributed by atoms with E-state index in [1.165, 1.54) is 29.3 Å². The highest BCUT2D eigenvalue weighted by Crippen LogP contribution is 2.51. The van der Waals surface area contributed by atoms with Gasteiger partial charge in [0, 0.05) is 23.6 Å². The van der Waals surface area contributed by atoms with Crippen LogP contribution in [0.1, 0.15) is 74.0 Å². The molecule has 0 radical (unpaired) electrons. The van der Waals surface area contributed by atoms with Gasteiger partial charge in [0.1, 0.15) is 5.69 Å². The molecule has 1 saturated heterocycles. The number of hydrogen-bond donors (Lipinski definition) is 0. The Balaban J connectivity index is 0.000000645. The minimum Gasteiger partial charge on any atom is -0.461 e. The first-order valence-corrected chi connectivity index (χ1v) is 12.5. The first-order valence-electron chi connectivity index (χ1n) is 10.9. The Labute approximate surface area is 178 Å². The Morgan fingerprint density at radius 1 is 1.31 bits per heavy atom. The van der Waals surface area contributed by atoms with E-state index in [-0.39, 0.29) is 11.6 Å². The van der Waals surface area contributed by atoms with Gasteiger partial charge in [0.05, 0.1) is 12.2 Å². The molecular weight excluding hydrogens is 382 g/mol. The van der Waals surface area contributed by atoms with Gasteiger partial charge in [-0.3, -0.25) is 0 Å². The Kier molecular flexibility index (Phi) is 5.99. The summed E-state index contributed by atoms with van der Waals surface area (Å²) in [5, 5.41) is 1.17. The number of ether oxygens (including phenoxy) is 2. The van der Waals surface area contributed by atoms with E-state index in [1.54, 1.807) is 11.8 Å². The molecule has 0 N–H and O–H groups in total. The molecule has 0 bridgehead atoms. The van der Waals surface area contributed by atoms with Crippen LogP contribution in [0.5, 0.6) is 0 Å². The monoisotopic (exact) mass is 415 g/mol. The third-order valence-corrected chi connectivity index (χ3v) is 6.52. The minimum atomic E-state index is -0.202.